The van der Waals surface area contributed by atoms with Gasteiger partial charge in [0.25, 0.3) is 0 Å². The molecule has 1 rings (SSSR count). The summed E-state index contributed by atoms with van der Waals surface area (Å²) >= 11 is 0. The molecule has 106 valence electrons. The number of carbonyl (C=O) groups is 2. The maximum absolute atomic E-state index is 11.9. The average molecular weight is 268 g/mol. The highest BCUT2D eigenvalue weighted by Crippen LogP contribution is 2.15. The second-order valence-electron chi connectivity index (χ2n) is 5.14. The predicted octanol–water partition coefficient (Wildman–Crippen LogP) is 1.96. The minimum atomic E-state index is -0.595. The van der Waals surface area contributed by atoms with Gasteiger partial charge < -0.3 is 9.47 Å². The maximum Gasteiger partial charge on any atom is 0.341 e. The van der Waals surface area contributed by atoms with Gasteiger partial charge in [-0.2, -0.15) is 5.10 Å². The van der Waals surface area contributed by atoms with Gasteiger partial charge in [0.1, 0.15) is 11.6 Å². The van der Waals surface area contributed by atoms with Crippen LogP contribution in [0.1, 0.15) is 51.0 Å². The SMILES string of the molecule is CCOC(=O)c1cnn(C(C)C(=O)OC(C)(C)C)c1. The molecule has 0 aliphatic carbocycles. The lowest BCUT2D eigenvalue weighted by atomic mass is 10.2. The van der Waals surface area contributed by atoms with Crippen molar-refractivity contribution < 1.29 is 19.1 Å². The first-order chi connectivity index (χ1) is 8.74. The van der Waals surface area contributed by atoms with Crippen molar-refractivity contribution in [1.29, 1.82) is 0 Å². The van der Waals surface area contributed by atoms with Crippen LogP contribution in [0.2, 0.25) is 0 Å². The van der Waals surface area contributed by atoms with Crippen molar-refractivity contribution in [3.63, 3.8) is 0 Å². The van der Waals surface area contributed by atoms with Crippen molar-refractivity contribution in [2.75, 3.05) is 6.61 Å². The minimum absolute atomic E-state index is 0.297. The van der Waals surface area contributed by atoms with Crippen molar-refractivity contribution in [3.05, 3.63) is 18.0 Å². The van der Waals surface area contributed by atoms with Crippen LogP contribution in [0.3, 0.4) is 0 Å². The molecule has 0 amide bonds. The summed E-state index contributed by atoms with van der Waals surface area (Å²) in [4.78, 5) is 23.4. The van der Waals surface area contributed by atoms with Crippen LogP contribution >= 0.6 is 0 Å². The molecule has 1 unspecified atom stereocenters. The van der Waals surface area contributed by atoms with Crippen molar-refractivity contribution in [2.45, 2.75) is 46.3 Å². The number of nitrogens with zero attached hydrogens (tertiary/aromatic N) is 2. The summed E-state index contributed by atoms with van der Waals surface area (Å²) in [7, 11) is 0. The van der Waals surface area contributed by atoms with E-state index in [4.69, 9.17) is 9.47 Å². The van der Waals surface area contributed by atoms with E-state index in [-0.39, 0.29) is 0 Å². The second-order valence-corrected chi connectivity index (χ2v) is 5.14. The fourth-order valence-electron chi connectivity index (χ4n) is 1.36. The molecule has 1 atom stereocenters. The van der Waals surface area contributed by atoms with E-state index >= 15 is 0 Å². The molecule has 0 aromatic carbocycles. The molecule has 0 saturated carbocycles. The van der Waals surface area contributed by atoms with E-state index in [2.05, 4.69) is 5.10 Å². The van der Waals surface area contributed by atoms with Gasteiger partial charge in [-0.1, -0.05) is 0 Å². The lowest BCUT2D eigenvalue weighted by Gasteiger charge is -2.22. The Balaban J connectivity index is 2.76. The summed E-state index contributed by atoms with van der Waals surface area (Å²) in [5, 5.41) is 3.99. The molecular weight excluding hydrogens is 248 g/mol. The zero-order chi connectivity index (χ0) is 14.6. The summed E-state index contributed by atoms with van der Waals surface area (Å²) < 4.78 is 11.5. The van der Waals surface area contributed by atoms with Crippen LogP contribution in [-0.4, -0.2) is 33.9 Å². The Morgan fingerprint density at radius 2 is 2.05 bits per heavy atom. The Bertz CT molecular complexity index is 459. The highest BCUT2D eigenvalue weighted by molar-refractivity contribution is 5.88. The fraction of sp³-hybridized carbons (Fsp3) is 0.615. The molecule has 0 radical (unpaired) electrons. The van der Waals surface area contributed by atoms with Crippen LogP contribution in [0.5, 0.6) is 0 Å². The third-order valence-corrected chi connectivity index (χ3v) is 2.26. The van der Waals surface area contributed by atoms with Gasteiger partial charge in [0, 0.05) is 6.20 Å². The van der Waals surface area contributed by atoms with Crippen LogP contribution in [0.25, 0.3) is 0 Å². The summed E-state index contributed by atoms with van der Waals surface area (Å²) in [6, 6.07) is -0.595. The van der Waals surface area contributed by atoms with Gasteiger partial charge in [-0.25, -0.2) is 9.59 Å². The molecule has 0 aliphatic heterocycles. The van der Waals surface area contributed by atoms with Gasteiger partial charge in [-0.05, 0) is 34.6 Å². The summed E-state index contributed by atoms with van der Waals surface area (Å²) in [6.45, 7) is 9.08. The molecule has 0 bridgehead atoms. The highest BCUT2D eigenvalue weighted by Gasteiger charge is 2.24. The standard InChI is InChI=1S/C13H20N2O4/c1-6-18-12(17)10-7-14-15(8-10)9(2)11(16)19-13(3,4)5/h7-9H,6H2,1-5H3. The van der Waals surface area contributed by atoms with E-state index in [0.717, 1.165) is 0 Å². The molecule has 0 N–H and O–H groups in total. The molecule has 0 aliphatic rings. The van der Waals surface area contributed by atoms with Crippen LogP contribution in [0.15, 0.2) is 12.4 Å². The fourth-order valence-corrected chi connectivity index (χ4v) is 1.36. The average Bonchev–Trinajstić information content (AvgIpc) is 2.75. The van der Waals surface area contributed by atoms with Gasteiger partial charge in [0.2, 0.25) is 0 Å². The van der Waals surface area contributed by atoms with Crippen LogP contribution < -0.4 is 0 Å². The molecule has 0 fully saturated rings. The molecule has 1 aromatic rings. The second kappa shape index (κ2) is 5.86. The van der Waals surface area contributed by atoms with E-state index in [1.54, 1.807) is 34.6 Å². The molecule has 6 nitrogen and oxygen atoms in total. The normalized spacial score (nSPS) is 12.9. The first kappa shape index (κ1) is 15.2. The Kier molecular flexibility index (Phi) is 4.69. The van der Waals surface area contributed by atoms with E-state index < -0.39 is 23.6 Å². The zero-order valence-corrected chi connectivity index (χ0v) is 12.0. The summed E-state index contributed by atoms with van der Waals surface area (Å²) in [5.74, 6) is -0.851. The molecular formula is C13H20N2O4. The van der Waals surface area contributed by atoms with Gasteiger partial charge in [0.15, 0.2) is 0 Å². The number of ether oxygens (including phenoxy) is 2. The van der Waals surface area contributed by atoms with Crippen molar-refractivity contribution in [1.82, 2.24) is 9.78 Å². The van der Waals surface area contributed by atoms with Crippen LogP contribution in [0.4, 0.5) is 0 Å². The topological polar surface area (TPSA) is 70.4 Å². The number of rotatable bonds is 4. The third kappa shape index (κ3) is 4.39. The molecule has 0 saturated heterocycles. The first-order valence-corrected chi connectivity index (χ1v) is 6.18. The Hall–Kier alpha value is -1.85. The van der Waals surface area contributed by atoms with E-state index in [1.165, 1.54) is 17.1 Å². The summed E-state index contributed by atoms with van der Waals surface area (Å²) in [6.07, 6.45) is 2.85. The Labute approximate surface area is 112 Å². The number of hydrogen-bond donors (Lipinski definition) is 0. The number of esters is 2. The number of aromatic nitrogens is 2. The molecule has 1 aromatic heterocycles. The van der Waals surface area contributed by atoms with Gasteiger partial charge in [-0.3, -0.25) is 4.68 Å². The lowest BCUT2D eigenvalue weighted by molar-refractivity contribution is -0.158. The van der Waals surface area contributed by atoms with Crippen molar-refractivity contribution in [2.24, 2.45) is 0 Å². The molecule has 6 heteroatoms. The summed E-state index contributed by atoms with van der Waals surface area (Å²) in [5.41, 5.74) is -0.236. The predicted molar refractivity (Wildman–Crippen MR) is 68.7 cm³/mol. The highest BCUT2D eigenvalue weighted by atomic mass is 16.6. The maximum atomic E-state index is 11.9. The zero-order valence-electron chi connectivity index (χ0n) is 12.0. The molecule has 1 heterocycles. The monoisotopic (exact) mass is 268 g/mol. The van der Waals surface area contributed by atoms with Crippen LogP contribution in [0, 0.1) is 0 Å². The molecule has 0 spiro atoms. The first-order valence-electron chi connectivity index (χ1n) is 6.18. The smallest absolute Gasteiger partial charge is 0.341 e. The number of hydrogen-bond acceptors (Lipinski definition) is 5. The van der Waals surface area contributed by atoms with Crippen molar-refractivity contribution >= 4 is 11.9 Å². The van der Waals surface area contributed by atoms with E-state index in [0.29, 0.717) is 12.2 Å². The molecule has 19 heavy (non-hydrogen) atoms. The van der Waals surface area contributed by atoms with E-state index in [9.17, 15) is 9.59 Å². The Morgan fingerprint density at radius 3 is 2.58 bits per heavy atom. The quantitative estimate of drug-likeness (QED) is 0.781. The van der Waals surface area contributed by atoms with Crippen molar-refractivity contribution in [3.8, 4) is 0 Å². The lowest BCUT2D eigenvalue weighted by Crippen LogP contribution is -2.29. The van der Waals surface area contributed by atoms with Gasteiger partial charge in [0.05, 0.1) is 18.4 Å². The van der Waals surface area contributed by atoms with Crippen LogP contribution in [-0.2, 0) is 14.3 Å². The number of carbonyl (C=O) groups excluding carboxylic acids is 2. The van der Waals surface area contributed by atoms with Gasteiger partial charge in [-0.15, -0.1) is 0 Å². The minimum Gasteiger partial charge on any atom is -0.462 e. The largest absolute Gasteiger partial charge is 0.462 e. The third-order valence-electron chi connectivity index (χ3n) is 2.26. The van der Waals surface area contributed by atoms with Gasteiger partial charge >= 0.3 is 11.9 Å². The van der Waals surface area contributed by atoms with E-state index in [1.807, 2.05) is 0 Å². The Morgan fingerprint density at radius 1 is 1.42 bits per heavy atom.